The molecule has 0 atom stereocenters. The summed E-state index contributed by atoms with van der Waals surface area (Å²) in [6, 6.07) is 3.99. The summed E-state index contributed by atoms with van der Waals surface area (Å²) in [4.78, 5) is 5.58. The van der Waals surface area contributed by atoms with Crippen LogP contribution in [-0.4, -0.2) is 14.6 Å². The lowest BCUT2D eigenvalue weighted by Crippen LogP contribution is -2.02. The van der Waals surface area contributed by atoms with Crippen molar-refractivity contribution in [3.05, 3.63) is 45.5 Å². The highest BCUT2D eigenvalue weighted by molar-refractivity contribution is 9.10. The van der Waals surface area contributed by atoms with Crippen LogP contribution in [0.4, 0.5) is 5.82 Å². The molecule has 0 bridgehead atoms. The van der Waals surface area contributed by atoms with Crippen LogP contribution in [0.25, 0.3) is 5.52 Å². The number of thiophene rings is 1. The molecule has 0 aliphatic carbocycles. The van der Waals surface area contributed by atoms with Crippen molar-refractivity contribution >= 4 is 38.6 Å². The normalized spacial score (nSPS) is 10.9. The Labute approximate surface area is 110 Å². The number of anilines is 1. The molecule has 86 valence electrons. The van der Waals surface area contributed by atoms with Crippen molar-refractivity contribution in [1.82, 2.24) is 14.6 Å². The summed E-state index contributed by atoms with van der Waals surface area (Å²) < 4.78 is 2.94. The quantitative estimate of drug-likeness (QED) is 0.808. The minimum absolute atomic E-state index is 0.760. The Hall–Kier alpha value is -1.40. The minimum atomic E-state index is 0.760. The van der Waals surface area contributed by atoms with Crippen LogP contribution >= 0.6 is 27.3 Å². The van der Waals surface area contributed by atoms with Crippen LogP contribution < -0.4 is 5.32 Å². The molecular weight excluding hydrogens is 300 g/mol. The molecule has 0 amide bonds. The maximum absolute atomic E-state index is 4.33. The average Bonchev–Trinajstić information content (AvgIpc) is 2.95. The van der Waals surface area contributed by atoms with Crippen LogP contribution in [0.15, 0.2) is 40.6 Å². The number of hydrogen-bond acceptors (Lipinski definition) is 4. The largest absolute Gasteiger partial charge is 0.363 e. The van der Waals surface area contributed by atoms with Crippen molar-refractivity contribution in [2.24, 2.45) is 0 Å². The topological polar surface area (TPSA) is 42.2 Å². The van der Waals surface area contributed by atoms with Gasteiger partial charge >= 0.3 is 0 Å². The van der Waals surface area contributed by atoms with E-state index < -0.39 is 0 Å². The molecule has 0 saturated carbocycles. The summed E-state index contributed by atoms with van der Waals surface area (Å²) in [5, 5.41) is 9.56. The lowest BCUT2D eigenvalue weighted by atomic mass is 10.4. The van der Waals surface area contributed by atoms with E-state index in [4.69, 9.17) is 0 Å². The summed E-state index contributed by atoms with van der Waals surface area (Å²) in [6.07, 6.45) is 5.34. The molecule has 0 spiro atoms. The van der Waals surface area contributed by atoms with Crippen molar-refractivity contribution in [3.63, 3.8) is 0 Å². The number of nitrogens with one attached hydrogen (secondary N) is 1. The molecule has 0 radical (unpaired) electrons. The highest BCUT2D eigenvalue weighted by atomic mass is 79.9. The van der Waals surface area contributed by atoms with Gasteiger partial charge in [-0.2, -0.15) is 5.10 Å². The second-order valence-electron chi connectivity index (χ2n) is 3.48. The fourth-order valence-corrected chi connectivity index (χ4v) is 3.04. The first kappa shape index (κ1) is 10.7. The summed E-state index contributed by atoms with van der Waals surface area (Å²) in [5.41, 5.74) is 0.986. The molecule has 6 heteroatoms. The Kier molecular flexibility index (Phi) is 2.82. The van der Waals surface area contributed by atoms with Gasteiger partial charge in [0.05, 0.1) is 12.7 Å². The van der Waals surface area contributed by atoms with E-state index in [9.17, 15) is 0 Å². The third kappa shape index (κ3) is 2.05. The zero-order chi connectivity index (χ0) is 11.7. The van der Waals surface area contributed by atoms with Gasteiger partial charge < -0.3 is 5.32 Å². The lowest BCUT2D eigenvalue weighted by Gasteiger charge is -2.05. The molecule has 0 saturated heterocycles. The molecule has 4 nitrogen and oxygen atoms in total. The predicted molar refractivity (Wildman–Crippen MR) is 72.3 cm³/mol. The van der Waals surface area contributed by atoms with E-state index in [-0.39, 0.29) is 0 Å². The third-order valence-electron chi connectivity index (χ3n) is 2.43. The van der Waals surface area contributed by atoms with Crippen molar-refractivity contribution in [1.29, 1.82) is 0 Å². The van der Waals surface area contributed by atoms with Crippen LogP contribution in [0, 0.1) is 0 Å². The minimum Gasteiger partial charge on any atom is -0.363 e. The molecular formula is C11H9BrN4S. The van der Waals surface area contributed by atoms with Gasteiger partial charge in [0, 0.05) is 21.7 Å². The molecule has 0 unspecified atom stereocenters. The van der Waals surface area contributed by atoms with Gasteiger partial charge in [-0.15, -0.1) is 11.3 Å². The van der Waals surface area contributed by atoms with E-state index in [0.717, 1.165) is 22.4 Å². The molecule has 0 aromatic carbocycles. The van der Waals surface area contributed by atoms with Crippen LogP contribution in [0.3, 0.4) is 0 Å². The lowest BCUT2D eigenvalue weighted by molar-refractivity contribution is 0.943. The van der Waals surface area contributed by atoms with E-state index in [1.165, 1.54) is 4.88 Å². The first-order valence-electron chi connectivity index (χ1n) is 5.09. The maximum atomic E-state index is 4.33. The highest BCUT2D eigenvalue weighted by Crippen LogP contribution is 2.24. The second-order valence-corrected chi connectivity index (χ2v) is 5.34. The number of fused-ring (bicyclic) bond motifs is 1. The summed E-state index contributed by atoms with van der Waals surface area (Å²) in [7, 11) is 0. The fourth-order valence-electron chi connectivity index (χ4n) is 1.61. The van der Waals surface area contributed by atoms with Gasteiger partial charge in [0.1, 0.15) is 5.52 Å². The average molecular weight is 309 g/mol. The molecule has 3 aromatic rings. The molecule has 1 N–H and O–H groups in total. The van der Waals surface area contributed by atoms with E-state index in [1.54, 1.807) is 28.2 Å². The summed E-state index contributed by atoms with van der Waals surface area (Å²) in [5.74, 6) is 0.852. The first-order chi connectivity index (χ1) is 8.34. The SMILES string of the molecule is Brc1ccsc1CNc1nccn2nccc12. The van der Waals surface area contributed by atoms with Gasteiger partial charge in [0.2, 0.25) is 0 Å². The van der Waals surface area contributed by atoms with Crippen LogP contribution in [0.1, 0.15) is 4.88 Å². The molecule has 0 aliphatic rings. The second kappa shape index (κ2) is 4.46. The highest BCUT2D eigenvalue weighted by Gasteiger charge is 2.05. The van der Waals surface area contributed by atoms with Crippen LogP contribution in [-0.2, 0) is 6.54 Å². The first-order valence-corrected chi connectivity index (χ1v) is 6.76. The zero-order valence-electron chi connectivity index (χ0n) is 8.80. The Balaban J connectivity index is 1.86. The number of rotatable bonds is 3. The standard InChI is InChI=1S/C11H9BrN4S/c12-8-2-6-17-10(8)7-14-11-9-1-3-15-16(9)5-4-13-11/h1-6H,7H2,(H,13,14). The predicted octanol–water partition coefficient (Wildman–Crippen LogP) is 3.17. The van der Waals surface area contributed by atoms with E-state index in [0.29, 0.717) is 0 Å². The molecule has 17 heavy (non-hydrogen) atoms. The van der Waals surface area contributed by atoms with Gasteiger partial charge in [0.15, 0.2) is 5.82 Å². The van der Waals surface area contributed by atoms with Gasteiger partial charge in [-0.25, -0.2) is 9.50 Å². The number of halogens is 1. The zero-order valence-corrected chi connectivity index (χ0v) is 11.2. The summed E-state index contributed by atoms with van der Waals surface area (Å²) in [6.45, 7) is 0.760. The number of nitrogens with zero attached hydrogens (tertiary/aromatic N) is 3. The third-order valence-corrected chi connectivity index (χ3v) is 4.36. The molecule has 3 heterocycles. The molecule has 0 aliphatic heterocycles. The monoisotopic (exact) mass is 308 g/mol. The van der Waals surface area contributed by atoms with E-state index in [2.05, 4.69) is 42.8 Å². The van der Waals surface area contributed by atoms with Crippen molar-refractivity contribution in [2.45, 2.75) is 6.54 Å². The molecule has 3 rings (SSSR count). The van der Waals surface area contributed by atoms with Crippen molar-refractivity contribution in [2.75, 3.05) is 5.32 Å². The van der Waals surface area contributed by atoms with Crippen LogP contribution in [0.5, 0.6) is 0 Å². The van der Waals surface area contributed by atoms with Crippen molar-refractivity contribution < 1.29 is 0 Å². The van der Waals surface area contributed by atoms with Gasteiger partial charge in [-0.05, 0) is 33.4 Å². The Morgan fingerprint density at radius 2 is 2.29 bits per heavy atom. The Morgan fingerprint density at radius 3 is 3.12 bits per heavy atom. The Bertz CT molecular complexity index is 646. The van der Waals surface area contributed by atoms with Crippen molar-refractivity contribution in [3.8, 4) is 0 Å². The van der Waals surface area contributed by atoms with Gasteiger partial charge in [-0.3, -0.25) is 0 Å². The van der Waals surface area contributed by atoms with E-state index in [1.807, 2.05) is 12.3 Å². The summed E-state index contributed by atoms with van der Waals surface area (Å²) >= 11 is 5.23. The fraction of sp³-hybridized carbons (Fsp3) is 0.0909. The van der Waals surface area contributed by atoms with Gasteiger partial charge in [-0.1, -0.05) is 0 Å². The smallest absolute Gasteiger partial charge is 0.152 e. The van der Waals surface area contributed by atoms with E-state index >= 15 is 0 Å². The molecule has 0 fully saturated rings. The number of aromatic nitrogens is 3. The number of hydrogen-bond donors (Lipinski definition) is 1. The Morgan fingerprint density at radius 1 is 1.35 bits per heavy atom. The molecule has 3 aromatic heterocycles. The van der Waals surface area contributed by atoms with Crippen LogP contribution in [0.2, 0.25) is 0 Å². The maximum Gasteiger partial charge on any atom is 0.152 e. The van der Waals surface area contributed by atoms with Gasteiger partial charge in [0.25, 0.3) is 0 Å².